The van der Waals surface area contributed by atoms with E-state index in [-0.39, 0.29) is 12.1 Å². The summed E-state index contributed by atoms with van der Waals surface area (Å²) >= 11 is 11.9. The van der Waals surface area contributed by atoms with E-state index < -0.39 is 0 Å². The van der Waals surface area contributed by atoms with Crippen molar-refractivity contribution in [3.63, 3.8) is 0 Å². The normalized spacial score (nSPS) is 13.8. The van der Waals surface area contributed by atoms with E-state index in [0.29, 0.717) is 16.7 Å². The van der Waals surface area contributed by atoms with E-state index in [1.807, 2.05) is 67.6 Å². The van der Waals surface area contributed by atoms with Gasteiger partial charge in [0.1, 0.15) is 12.7 Å². The molecule has 3 aromatic rings. The molecule has 0 spiro atoms. The highest BCUT2D eigenvalue weighted by Crippen LogP contribution is 2.19. The average molecular weight is 388 g/mol. The largest absolute Gasteiger partial charge is 0.367 e. The van der Waals surface area contributed by atoms with E-state index in [1.165, 1.54) is 6.33 Å². The van der Waals surface area contributed by atoms with Crippen LogP contribution in [-0.4, -0.2) is 20.9 Å². The molecular weight excluding hydrogens is 369 g/mol. The standard InChI is InChI=1S/C20H19Cl2N3O/c1-15(25-14-23-13-24-25)20(11-6-16-2-7-18(21)8-3-16)26-12-17-4-9-19(22)10-5-17/h2-11,13-15,20H,12H2,1H3/b11-6+. The summed E-state index contributed by atoms with van der Waals surface area (Å²) in [5.74, 6) is 0. The van der Waals surface area contributed by atoms with Crippen LogP contribution in [0.3, 0.4) is 0 Å². The van der Waals surface area contributed by atoms with Gasteiger partial charge in [-0.1, -0.05) is 59.6 Å². The van der Waals surface area contributed by atoms with Crippen molar-refractivity contribution >= 4 is 29.3 Å². The molecule has 0 saturated carbocycles. The van der Waals surface area contributed by atoms with Crippen LogP contribution >= 0.6 is 23.2 Å². The van der Waals surface area contributed by atoms with Crippen molar-refractivity contribution in [1.82, 2.24) is 14.8 Å². The maximum atomic E-state index is 6.15. The second kappa shape index (κ2) is 8.99. The summed E-state index contributed by atoms with van der Waals surface area (Å²) in [5.41, 5.74) is 2.12. The monoisotopic (exact) mass is 387 g/mol. The Balaban J connectivity index is 1.74. The van der Waals surface area contributed by atoms with Crippen molar-refractivity contribution in [3.05, 3.63) is 88.4 Å². The van der Waals surface area contributed by atoms with Crippen molar-refractivity contribution in [2.75, 3.05) is 0 Å². The van der Waals surface area contributed by atoms with Crippen molar-refractivity contribution in [1.29, 1.82) is 0 Å². The summed E-state index contributed by atoms with van der Waals surface area (Å²) in [7, 11) is 0. The van der Waals surface area contributed by atoms with Crippen LogP contribution in [0.25, 0.3) is 6.08 Å². The fourth-order valence-electron chi connectivity index (χ4n) is 2.49. The van der Waals surface area contributed by atoms with Crippen LogP contribution in [0.2, 0.25) is 10.0 Å². The Morgan fingerprint density at radius 1 is 1.04 bits per heavy atom. The highest BCUT2D eigenvalue weighted by atomic mass is 35.5. The van der Waals surface area contributed by atoms with Gasteiger partial charge in [0, 0.05) is 10.0 Å². The van der Waals surface area contributed by atoms with Crippen molar-refractivity contribution in [3.8, 4) is 0 Å². The number of hydrogen-bond donors (Lipinski definition) is 0. The van der Waals surface area contributed by atoms with Gasteiger partial charge in [-0.05, 0) is 42.3 Å². The highest BCUT2D eigenvalue weighted by Gasteiger charge is 2.17. The van der Waals surface area contributed by atoms with Gasteiger partial charge in [-0.25, -0.2) is 9.67 Å². The minimum atomic E-state index is -0.178. The van der Waals surface area contributed by atoms with E-state index >= 15 is 0 Å². The molecule has 0 aliphatic carbocycles. The third-order valence-corrected chi connectivity index (χ3v) is 4.54. The molecule has 134 valence electrons. The first-order valence-electron chi connectivity index (χ1n) is 8.26. The molecule has 0 radical (unpaired) electrons. The molecule has 4 nitrogen and oxygen atoms in total. The van der Waals surface area contributed by atoms with E-state index in [1.54, 1.807) is 11.0 Å². The van der Waals surface area contributed by atoms with Crippen LogP contribution in [0.5, 0.6) is 0 Å². The third kappa shape index (κ3) is 5.18. The molecule has 0 bridgehead atoms. The molecule has 6 heteroatoms. The molecule has 26 heavy (non-hydrogen) atoms. The molecule has 0 aliphatic heterocycles. The molecule has 2 unspecified atom stereocenters. The minimum absolute atomic E-state index is 0.00616. The fraction of sp³-hybridized carbons (Fsp3) is 0.200. The molecule has 1 heterocycles. The first-order valence-corrected chi connectivity index (χ1v) is 9.01. The summed E-state index contributed by atoms with van der Waals surface area (Å²) < 4.78 is 7.94. The molecule has 2 aromatic carbocycles. The summed E-state index contributed by atoms with van der Waals surface area (Å²) in [6.45, 7) is 2.53. The zero-order chi connectivity index (χ0) is 18.4. The fourth-order valence-corrected chi connectivity index (χ4v) is 2.74. The first kappa shape index (κ1) is 18.6. The average Bonchev–Trinajstić information content (AvgIpc) is 3.19. The molecule has 0 N–H and O–H groups in total. The lowest BCUT2D eigenvalue weighted by atomic mass is 10.1. The van der Waals surface area contributed by atoms with E-state index in [9.17, 15) is 0 Å². The minimum Gasteiger partial charge on any atom is -0.367 e. The zero-order valence-electron chi connectivity index (χ0n) is 14.3. The van der Waals surface area contributed by atoms with E-state index in [4.69, 9.17) is 27.9 Å². The van der Waals surface area contributed by atoms with Gasteiger partial charge in [0.2, 0.25) is 0 Å². The van der Waals surface area contributed by atoms with Crippen molar-refractivity contribution < 1.29 is 4.74 Å². The van der Waals surface area contributed by atoms with Crippen LogP contribution in [0.15, 0.2) is 67.3 Å². The second-order valence-electron chi connectivity index (χ2n) is 5.93. The lowest BCUT2D eigenvalue weighted by Gasteiger charge is -2.21. The number of hydrogen-bond acceptors (Lipinski definition) is 3. The predicted octanol–water partition coefficient (Wildman–Crippen LogP) is 5.44. The van der Waals surface area contributed by atoms with E-state index in [2.05, 4.69) is 10.1 Å². The Morgan fingerprint density at radius 3 is 2.31 bits per heavy atom. The maximum absolute atomic E-state index is 6.15. The van der Waals surface area contributed by atoms with E-state index in [0.717, 1.165) is 11.1 Å². The van der Waals surface area contributed by atoms with Gasteiger partial charge in [0.15, 0.2) is 0 Å². The predicted molar refractivity (Wildman–Crippen MR) is 105 cm³/mol. The summed E-state index contributed by atoms with van der Waals surface area (Å²) in [6.07, 6.45) is 7.10. The Bertz CT molecular complexity index is 831. The van der Waals surface area contributed by atoms with Gasteiger partial charge < -0.3 is 4.74 Å². The molecular formula is C20H19Cl2N3O. The van der Waals surface area contributed by atoms with Crippen molar-refractivity contribution in [2.45, 2.75) is 25.7 Å². The molecule has 2 atom stereocenters. The Hall–Kier alpha value is -2.14. The Labute approximate surface area is 163 Å². The quantitative estimate of drug-likeness (QED) is 0.541. The first-order chi connectivity index (χ1) is 12.6. The smallest absolute Gasteiger partial charge is 0.137 e. The summed E-state index contributed by atoms with van der Waals surface area (Å²) in [5, 5.41) is 5.66. The van der Waals surface area contributed by atoms with Crippen LogP contribution in [0, 0.1) is 0 Å². The summed E-state index contributed by atoms with van der Waals surface area (Å²) in [4.78, 5) is 4.02. The van der Waals surface area contributed by atoms with Crippen LogP contribution in [0.4, 0.5) is 0 Å². The zero-order valence-corrected chi connectivity index (χ0v) is 15.8. The molecule has 0 saturated heterocycles. The summed E-state index contributed by atoms with van der Waals surface area (Å²) in [6, 6.07) is 15.3. The number of halogens is 2. The molecule has 1 aromatic heterocycles. The lowest BCUT2D eigenvalue weighted by Crippen LogP contribution is -2.23. The van der Waals surface area contributed by atoms with Crippen molar-refractivity contribution in [2.24, 2.45) is 0 Å². The van der Waals surface area contributed by atoms with Gasteiger partial charge in [-0.2, -0.15) is 5.10 Å². The lowest BCUT2D eigenvalue weighted by molar-refractivity contribution is 0.0385. The van der Waals surface area contributed by atoms with Gasteiger partial charge in [0.05, 0.1) is 18.8 Å². The Kier molecular flexibility index (Phi) is 6.45. The van der Waals surface area contributed by atoms with Gasteiger partial charge in [-0.15, -0.1) is 0 Å². The van der Waals surface area contributed by atoms with Gasteiger partial charge >= 0.3 is 0 Å². The number of aromatic nitrogens is 3. The van der Waals surface area contributed by atoms with Crippen LogP contribution < -0.4 is 0 Å². The second-order valence-corrected chi connectivity index (χ2v) is 6.80. The SMILES string of the molecule is CC(C(/C=C/c1ccc(Cl)cc1)OCc1ccc(Cl)cc1)n1cncn1. The molecule has 3 rings (SSSR count). The number of nitrogens with zero attached hydrogens (tertiary/aromatic N) is 3. The Morgan fingerprint density at radius 2 is 1.69 bits per heavy atom. The number of ether oxygens (including phenoxy) is 1. The highest BCUT2D eigenvalue weighted by molar-refractivity contribution is 6.30. The molecule has 0 amide bonds. The number of rotatable bonds is 7. The molecule has 0 aliphatic rings. The van der Waals surface area contributed by atoms with Crippen LogP contribution in [-0.2, 0) is 11.3 Å². The molecule has 0 fully saturated rings. The van der Waals surface area contributed by atoms with Gasteiger partial charge in [-0.3, -0.25) is 0 Å². The topological polar surface area (TPSA) is 39.9 Å². The van der Waals surface area contributed by atoms with Crippen LogP contribution in [0.1, 0.15) is 24.1 Å². The maximum Gasteiger partial charge on any atom is 0.137 e. The van der Waals surface area contributed by atoms with Gasteiger partial charge in [0.25, 0.3) is 0 Å². The number of benzene rings is 2. The third-order valence-electron chi connectivity index (χ3n) is 4.03.